The topological polar surface area (TPSA) is 89.6 Å². The van der Waals surface area contributed by atoms with E-state index in [0.29, 0.717) is 17.1 Å². The summed E-state index contributed by atoms with van der Waals surface area (Å²) in [4.78, 5) is 11.7. The van der Waals surface area contributed by atoms with Gasteiger partial charge in [0.25, 0.3) is 5.91 Å². The molecular weight excluding hydrogens is 302 g/mol. The van der Waals surface area contributed by atoms with E-state index in [9.17, 15) is 4.79 Å². The van der Waals surface area contributed by atoms with Gasteiger partial charge in [0.05, 0.1) is 17.6 Å². The molecule has 1 aromatic carbocycles. The zero-order valence-corrected chi connectivity index (χ0v) is 12.3. The molecule has 6 nitrogen and oxygen atoms in total. The predicted molar refractivity (Wildman–Crippen MR) is 82.1 cm³/mol. The van der Waals surface area contributed by atoms with Crippen LogP contribution in [0.25, 0.3) is 16.9 Å². The average Bonchev–Trinajstić information content (AvgIpc) is 3.10. The van der Waals surface area contributed by atoms with Crippen molar-refractivity contribution < 1.29 is 4.79 Å². The fourth-order valence-electron chi connectivity index (χ4n) is 2.91. The molecule has 3 aromatic rings. The lowest BCUT2D eigenvalue weighted by atomic mass is 9.93. The van der Waals surface area contributed by atoms with Gasteiger partial charge in [0, 0.05) is 21.8 Å². The number of carbonyl (C=O) groups is 1. The van der Waals surface area contributed by atoms with Crippen LogP contribution in [-0.4, -0.2) is 25.9 Å². The maximum atomic E-state index is 11.7. The standard InChI is InChI=1S/C15H12ClN5O/c16-8-2-1-3-9(6-8)21-14-10(13(20-21)15(17)22)4-5-12-11(14)7-18-19-12/h1-3,6-7H,4-5H2,(H2,17,22)(H,18,19). The number of hydrogen-bond acceptors (Lipinski definition) is 3. The summed E-state index contributed by atoms with van der Waals surface area (Å²) in [7, 11) is 0. The van der Waals surface area contributed by atoms with Gasteiger partial charge in [-0.3, -0.25) is 9.89 Å². The summed E-state index contributed by atoms with van der Waals surface area (Å²) in [6.07, 6.45) is 3.23. The van der Waals surface area contributed by atoms with Gasteiger partial charge in [-0.25, -0.2) is 4.68 Å². The Morgan fingerprint density at radius 3 is 3.00 bits per heavy atom. The molecule has 1 amide bonds. The molecule has 0 saturated heterocycles. The van der Waals surface area contributed by atoms with Gasteiger partial charge in [0.15, 0.2) is 5.69 Å². The molecule has 0 fully saturated rings. The number of aromatic nitrogens is 4. The number of nitrogens with one attached hydrogen (secondary N) is 1. The van der Waals surface area contributed by atoms with Crippen LogP contribution < -0.4 is 5.73 Å². The molecule has 3 N–H and O–H groups in total. The fraction of sp³-hybridized carbons (Fsp3) is 0.133. The molecule has 0 saturated carbocycles. The summed E-state index contributed by atoms with van der Waals surface area (Å²) in [6, 6.07) is 7.32. The van der Waals surface area contributed by atoms with E-state index >= 15 is 0 Å². The Kier molecular flexibility index (Phi) is 2.80. The first-order chi connectivity index (χ1) is 10.6. The van der Waals surface area contributed by atoms with E-state index in [1.54, 1.807) is 23.0 Å². The molecule has 0 unspecified atom stereocenters. The molecule has 1 aliphatic carbocycles. The van der Waals surface area contributed by atoms with Crippen LogP contribution in [0.5, 0.6) is 0 Å². The van der Waals surface area contributed by atoms with Gasteiger partial charge in [0.1, 0.15) is 0 Å². The van der Waals surface area contributed by atoms with E-state index in [1.807, 2.05) is 12.1 Å². The van der Waals surface area contributed by atoms with E-state index < -0.39 is 5.91 Å². The first kappa shape index (κ1) is 13.1. The molecule has 0 radical (unpaired) electrons. The zero-order chi connectivity index (χ0) is 15.3. The number of fused-ring (bicyclic) bond motifs is 3. The van der Waals surface area contributed by atoms with Gasteiger partial charge in [-0.15, -0.1) is 0 Å². The van der Waals surface area contributed by atoms with Crippen molar-refractivity contribution in [1.82, 2.24) is 20.0 Å². The zero-order valence-electron chi connectivity index (χ0n) is 11.5. The average molecular weight is 314 g/mol. The molecule has 0 atom stereocenters. The first-order valence-electron chi connectivity index (χ1n) is 6.85. The molecule has 7 heteroatoms. The number of rotatable bonds is 2. The van der Waals surface area contributed by atoms with Crippen molar-refractivity contribution in [3.05, 3.63) is 52.4 Å². The van der Waals surface area contributed by atoms with E-state index in [0.717, 1.165) is 34.6 Å². The third-order valence-corrected chi connectivity index (χ3v) is 4.10. The number of aryl methyl sites for hydroxylation is 1. The summed E-state index contributed by atoms with van der Waals surface area (Å²) in [6.45, 7) is 0. The minimum absolute atomic E-state index is 0.307. The summed E-state index contributed by atoms with van der Waals surface area (Å²) >= 11 is 6.08. The molecule has 110 valence electrons. The van der Waals surface area contributed by atoms with E-state index in [4.69, 9.17) is 17.3 Å². The Morgan fingerprint density at radius 2 is 2.23 bits per heavy atom. The van der Waals surface area contributed by atoms with Crippen molar-refractivity contribution in [3.63, 3.8) is 0 Å². The van der Waals surface area contributed by atoms with Crippen molar-refractivity contribution in [2.24, 2.45) is 5.73 Å². The number of carbonyl (C=O) groups excluding carboxylic acids is 1. The maximum absolute atomic E-state index is 11.7. The van der Waals surface area contributed by atoms with Crippen molar-refractivity contribution in [1.29, 1.82) is 0 Å². The van der Waals surface area contributed by atoms with Crippen LogP contribution in [0.4, 0.5) is 0 Å². The van der Waals surface area contributed by atoms with Gasteiger partial charge in [-0.1, -0.05) is 17.7 Å². The summed E-state index contributed by atoms with van der Waals surface area (Å²) in [5, 5.41) is 12.1. The van der Waals surface area contributed by atoms with Crippen LogP contribution in [0, 0.1) is 0 Å². The number of H-pyrrole nitrogens is 1. The monoisotopic (exact) mass is 313 g/mol. The molecule has 4 rings (SSSR count). The second-order valence-corrected chi connectivity index (χ2v) is 5.63. The summed E-state index contributed by atoms with van der Waals surface area (Å²) in [5.74, 6) is -0.524. The molecule has 0 bridgehead atoms. The van der Waals surface area contributed by atoms with Gasteiger partial charge in [-0.2, -0.15) is 10.2 Å². The molecule has 2 heterocycles. The van der Waals surface area contributed by atoms with Crippen molar-refractivity contribution in [2.75, 3.05) is 0 Å². The Labute approximate surface area is 130 Å². The lowest BCUT2D eigenvalue weighted by Gasteiger charge is -2.14. The number of benzene rings is 1. The van der Waals surface area contributed by atoms with Crippen LogP contribution in [-0.2, 0) is 12.8 Å². The highest BCUT2D eigenvalue weighted by atomic mass is 35.5. The number of hydrogen-bond donors (Lipinski definition) is 2. The summed E-state index contributed by atoms with van der Waals surface area (Å²) in [5.41, 5.74) is 10.3. The second kappa shape index (κ2) is 4.71. The number of nitrogens with two attached hydrogens (primary N) is 1. The van der Waals surface area contributed by atoms with Crippen molar-refractivity contribution in [3.8, 4) is 16.9 Å². The molecule has 22 heavy (non-hydrogen) atoms. The Morgan fingerprint density at radius 1 is 1.36 bits per heavy atom. The molecule has 0 spiro atoms. The second-order valence-electron chi connectivity index (χ2n) is 5.19. The quantitative estimate of drug-likeness (QED) is 0.759. The number of primary amides is 1. The highest BCUT2D eigenvalue weighted by molar-refractivity contribution is 6.30. The minimum Gasteiger partial charge on any atom is -0.364 e. The Bertz CT molecular complexity index is 895. The van der Waals surface area contributed by atoms with E-state index in [1.165, 1.54) is 0 Å². The van der Waals surface area contributed by atoms with Crippen LogP contribution in [0.15, 0.2) is 30.5 Å². The van der Waals surface area contributed by atoms with Crippen LogP contribution in [0.2, 0.25) is 5.02 Å². The normalized spacial score (nSPS) is 12.8. The molecular formula is C15H12ClN5O. The third kappa shape index (κ3) is 1.84. The number of aromatic amines is 1. The lowest BCUT2D eigenvalue weighted by Crippen LogP contribution is -2.15. The van der Waals surface area contributed by atoms with Crippen molar-refractivity contribution in [2.45, 2.75) is 12.8 Å². The Hall–Kier alpha value is -2.60. The van der Waals surface area contributed by atoms with E-state index in [2.05, 4.69) is 15.3 Å². The SMILES string of the molecule is NC(=O)c1nn(-c2cccc(Cl)c2)c2c1CCc1[nH]ncc1-2. The number of amides is 1. The van der Waals surface area contributed by atoms with Gasteiger partial charge in [0.2, 0.25) is 0 Å². The highest BCUT2D eigenvalue weighted by Gasteiger charge is 2.29. The number of halogens is 1. The van der Waals surface area contributed by atoms with Crippen LogP contribution in [0.3, 0.4) is 0 Å². The summed E-state index contributed by atoms with van der Waals surface area (Å²) < 4.78 is 1.72. The highest BCUT2D eigenvalue weighted by Crippen LogP contribution is 2.36. The fourth-order valence-corrected chi connectivity index (χ4v) is 3.10. The molecule has 1 aliphatic rings. The predicted octanol–water partition coefficient (Wildman–Crippen LogP) is 2.11. The smallest absolute Gasteiger partial charge is 0.269 e. The van der Waals surface area contributed by atoms with Crippen molar-refractivity contribution >= 4 is 17.5 Å². The van der Waals surface area contributed by atoms with Gasteiger partial charge >= 0.3 is 0 Å². The van der Waals surface area contributed by atoms with Gasteiger partial charge < -0.3 is 5.73 Å². The largest absolute Gasteiger partial charge is 0.364 e. The minimum atomic E-state index is -0.524. The number of nitrogens with zero attached hydrogens (tertiary/aromatic N) is 3. The molecule has 2 aromatic heterocycles. The Balaban J connectivity index is 2.03. The third-order valence-electron chi connectivity index (χ3n) is 3.87. The lowest BCUT2D eigenvalue weighted by molar-refractivity contribution is 0.0994. The maximum Gasteiger partial charge on any atom is 0.269 e. The first-order valence-corrected chi connectivity index (χ1v) is 7.23. The van der Waals surface area contributed by atoms with E-state index in [-0.39, 0.29) is 0 Å². The molecule has 0 aliphatic heterocycles. The van der Waals surface area contributed by atoms with Gasteiger partial charge in [-0.05, 0) is 31.0 Å². The van der Waals surface area contributed by atoms with Crippen LogP contribution >= 0.6 is 11.6 Å². The van der Waals surface area contributed by atoms with Crippen LogP contribution in [0.1, 0.15) is 21.7 Å².